The highest BCUT2D eigenvalue weighted by molar-refractivity contribution is 5.88. The summed E-state index contributed by atoms with van der Waals surface area (Å²) in [6.45, 7) is 7.36. The molecule has 2 fully saturated rings. The molecule has 0 N–H and O–H groups in total. The molecule has 2 aliphatic heterocycles. The molecule has 0 spiro atoms. The van der Waals surface area contributed by atoms with E-state index in [1.807, 2.05) is 0 Å². The predicted molar refractivity (Wildman–Crippen MR) is 85.5 cm³/mol. The molecule has 128 valence electrons. The monoisotopic (exact) mass is 322 g/mol. The van der Waals surface area contributed by atoms with Crippen molar-refractivity contribution in [3.63, 3.8) is 0 Å². The Morgan fingerprint density at radius 1 is 1.13 bits per heavy atom. The summed E-state index contributed by atoms with van der Waals surface area (Å²) < 4.78 is 5.12. The molecular weight excluding hydrogens is 296 g/mol. The molecule has 0 aromatic rings. The molecule has 0 saturated carbocycles. The van der Waals surface area contributed by atoms with E-state index in [2.05, 4.69) is 6.58 Å². The minimum Gasteiger partial charge on any atom is -0.464 e. The van der Waals surface area contributed by atoms with Gasteiger partial charge in [-0.25, -0.2) is 4.79 Å². The standard InChI is InChI=1S/C17H26N2O4/c1-3-15(20)18-11-8-13(9-12-18)16(21)19-10-6-5-7-14(19)17(22)23-4-2/h3,13-14H,1,4-12H2,2H3. The van der Waals surface area contributed by atoms with Gasteiger partial charge >= 0.3 is 5.97 Å². The molecule has 0 radical (unpaired) electrons. The highest BCUT2D eigenvalue weighted by atomic mass is 16.5. The van der Waals surface area contributed by atoms with Crippen LogP contribution in [0.15, 0.2) is 12.7 Å². The molecular formula is C17H26N2O4. The Labute approximate surface area is 137 Å². The molecule has 0 aromatic heterocycles. The van der Waals surface area contributed by atoms with E-state index in [4.69, 9.17) is 4.74 Å². The molecule has 2 saturated heterocycles. The van der Waals surface area contributed by atoms with E-state index in [0.717, 1.165) is 12.8 Å². The Bertz CT molecular complexity index is 469. The second-order valence-electron chi connectivity index (χ2n) is 6.10. The lowest BCUT2D eigenvalue weighted by Gasteiger charge is -2.38. The van der Waals surface area contributed by atoms with Crippen LogP contribution in [0, 0.1) is 5.92 Å². The minimum absolute atomic E-state index is 0.0356. The van der Waals surface area contributed by atoms with Gasteiger partial charge < -0.3 is 14.5 Å². The summed E-state index contributed by atoms with van der Waals surface area (Å²) >= 11 is 0. The van der Waals surface area contributed by atoms with Crippen molar-refractivity contribution in [1.29, 1.82) is 0 Å². The molecule has 0 aliphatic carbocycles. The topological polar surface area (TPSA) is 66.9 Å². The first-order chi connectivity index (χ1) is 11.1. The lowest BCUT2D eigenvalue weighted by atomic mass is 9.92. The van der Waals surface area contributed by atoms with Gasteiger partial charge in [0.25, 0.3) is 0 Å². The van der Waals surface area contributed by atoms with Crippen molar-refractivity contribution in [2.75, 3.05) is 26.2 Å². The van der Waals surface area contributed by atoms with Crippen LogP contribution in [0.5, 0.6) is 0 Å². The maximum absolute atomic E-state index is 12.8. The Morgan fingerprint density at radius 3 is 2.43 bits per heavy atom. The van der Waals surface area contributed by atoms with Crippen molar-refractivity contribution in [1.82, 2.24) is 9.80 Å². The number of hydrogen-bond donors (Lipinski definition) is 0. The molecule has 0 bridgehead atoms. The first-order valence-electron chi connectivity index (χ1n) is 8.47. The van der Waals surface area contributed by atoms with Gasteiger partial charge in [0.1, 0.15) is 6.04 Å². The van der Waals surface area contributed by atoms with Crippen molar-refractivity contribution in [2.24, 2.45) is 5.92 Å². The van der Waals surface area contributed by atoms with Crippen molar-refractivity contribution in [3.05, 3.63) is 12.7 Å². The van der Waals surface area contributed by atoms with E-state index >= 15 is 0 Å². The summed E-state index contributed by atoms with van der Waals surface area (Å²) in [6, 6.07) is -0.441. The van der Waals surface area contributed by atoms with Gasteiger partial charge in [-0.2, -0.15) is 0 Å². The number of ether oxygens (including phenoxy) is 1. The third kappa shape index (κ3) is 4.12. The zero-order valence-electron chi connectivity index (χ0n) is 13.8. The van der Waals surface area contributed by atoms with E-state index in [9.17, 15) is 14.4 Å². The first-order valence-corrected chi connectivity index (χ1v) is 8.47. The number of nitrogens with zero attached hydrogens (tertiary/aromatic N) is 2. The number of carbonyl (C=O) groups excluding carboxylic acids is 3. The smallest absolute Gasteiger partial charge is 0.328 e. The molecule has 2 rings (SSSR count). The largest absolute Gasteiger partial charge is 0.464 e. The van der Waals surface area contributed by atoms with Crippen LogP contribution in [-0.2, 0) is 19.1 Å². The molecule has 2 amide bonds. The van der Waals surface area contributed by atoms with E-state index < -0.39 is 6.04 Å². The lowest BCUT2D eigenvalue weighted by Crippen LogP contribution is -2.52. The number of carbonyl (C=O) groups is 3. The van der Waals surface area contributed by atoms with Crippen LogP contribution < -0.4 is 0 Å². The summed E-state index contributed by atoms with van der Waals surface area (Å²) in [4.78, 5) is 39.9. The molecule has 6 nitrogen and oxygen atoms in total. The van der Waals surface area contributed by atoms with Crippen molar-refractivity contribution in [3.8, 4) is 0 Å². The fraction of sp³-hybridized carbons (Fsp3) is 0.706. The summed E-state index contributed by atoms with van der Waals surface area (Å²) in [5, 5.41) is 0. The van der Waals surface area contributed by atoms with Crippen LogP contribution in [-0.4, -0.2) is 59.9 Å². The molecule has 1 unspecified atom stereocenters. The van der Waals surface area contributed by atoms with Gasteiger partial charge in [-0.1, -0.05) is 6.58 Å². The molecule has 2 heterocycles. The van der Waals surface area contributed by atoms with Gasteiger partial charge in [0.15, 0.2) is 0 Å². The average Bonchev–Trinajstić information content (AvgIpc) is 2.60. The number of likely N-dealkylation sites (tertiary alicyclic amines) is 2. The van der Waals surface area contributed by atoms with Gasteiger partial charge in [0.2, 0.25) is 11.8 Å². The van der Waals surface area contributed by atoms with E-state index in [1.54, 1.807) is 16.7 Å². The van der Waals surface area contributed by atoms with Crippen molar-refractivity contribution in [2.45, 2.75) is 45.1 Å². The van der Waals surface area contributed by atoms with Crippen LogP contribution in [0.25, 0.3) is 0 Å². The first kappa shape index (κ1) is 17.5. The van der Waals surface area contributed by atoms with E-state index in [-0.39, 0.29) is 23.7 Å². The zero-order chi connectivity index (χ0) is 16.8. The van der Waals surface area contributed by atoms with Crippen molar-refractivity contribution < 1.29 is 19.1 Å². The fourth-order valence-corrected chi connectivity index (χ4v) is 3.39. The Morgan fingerprint density at radius 2 is 1.83 bits per heavy atom. The normalized spacial score (nSPS) is 22.6. The molecule has 23 heavy (non-hydrogen) atoms. The van der Waals surface area contributed by atoms with E-state index in [1.165, 1.54) is 6.08 Å². The van der Waals surface area contributed by atoms with Gasteiger partial charge in [0, 0.05) is 25.6 Å². The molecule has 1 atom stereocenters. The maximum atomic E-state index is 12.8. The molecule has 0 aromatic carbocycles. The third-order valence-corrected chi connectivity index (χ3v) is 4.68. The zero-order valence-corrected chi connectivity index (χ0v) is 13.8. The van der Waals surface area contributed by atoms with Crippen LogP contribution in [0.3, 0.4) is 0 Å². The molecule has 2 aliphatic rings. The Balaban J connectivity index is 1.97. The SMILES string of the molecule is C=CC(=O)N1CCC(C(=O)N2CCCCC2C(=O)OCC)CC1. The third-order valence-electron chi connectivity index (χ3n) is 4.68. The number of hydrogen-bond acceptors (Lipinski definition) is 4. The molecule has 6 heteroatoms. The van der Waals surface area contributed by atoms with E-state index in [0.29, 0.717) is 45.5 Å². The summed E-state index contributed by atoms with van der Waals surface area (Å²) in [5.41, 5.74) is 0. The Hall–Kier alpha value is -1.85. The number of amides is 2. The highest BCUT2D eigenvalue weighted by Gasteiger charge is 2.37. The number of rotatable bonds is 4. The maximum Gasteiger partial charge on any atom is 0.328 e. The van der Waals surface area contributed by atoms with Gasteiger partial charge in [-0.05, 0) is 45.1 Å². The minimum atomic E-state index is -0.441. The van der Waals surface area contributed by atoms with Crippen LogP contribution in [0.4, 0.5) is 0 Å². The van der Waals surface area contributed by atoms with Gasteiger partial charge in [0.05, 0.1) is 6.61 Å². The summed E-state index contributed by atoms with van der Waals surface area (Å²) in [6.07, 6.45) is 5.14. The van der Waals surface area contributed by atoms with Crippen LogP contribution >= 0.6 is 0 Å². The van der Waals surface area contributed by atoms with Gasteiger partial charge in [-0.3, -0.25) is 9.59 Å². The Kier molecular flexibility index (Phi) is 6.19. The summed E-state index contributed by atoms with van der Waals surface area (Å²) in [7, 11) is 0. The summed E-state index contributed by atoms with van der Waals surface area (Å²) in [5.74, 6) is -0.453. The second kappa shape index (κ2) is 8.13. The van der Waals surface area contributed by atoms with Crippen LogP contribution in [0.2, 0.25) is 0 Å². The number of esters is 1. The lowest BCUT2D eigenvalue weighted by molar-refractivity contribution is -0.158. The number of piperidine rings is 2. The quantitative estimate of drug-likeness (QED) is 0.579. The predicted octanol–water partition coefficient (Wildman–Crippen LogP) is 1.36. The average molecular weight is 322 g/mol. The van der Waals surface area contributed by atoms with Gasteiger partial charge in [-0.15, -0.1) is 0 Å². The second-order valence-corrected chi connectivity index (χ2v) is 6.10. The van der Waals surface area contributed by atoms with Crippen molar-refractivity contribution >= 4 is 17.8 Å². The fourth-order valence-electron chi connectivity index (χ4n) is 3.39. The van der Waals surface area contributed by atoms with Crippen LogP contribution in [0.1, 0.15) is 39.0 Å². The highest BCUT2D eigenvalue weighted by Crippen LogP contribution is 2.25.